The van der Waals surface area contributed by atoms with Gasteiger partial charge in [0.1, 0.15) is 6.61 Å². The van der Waals surface area contributed by atoms with E-state index >= 15 is 0 Å². The van der Waals surface area contributed by atoms with E-state index in [0.717, 1.165) is 12.1 Å². The van der Waals surface area contributed by atoms with Crippen molar-refractivity contribution in [2.45, 2.75) is 19.8 Å². The number of nitrogens with one attached hydrogen (secondary N) is 1. The molecular weight excluding hydrogens is 374 g/mol. The van der Waals surface area contributed by atoms with Crippen molar-refractivity contribution in [3.8, 4) is 17.2 Å². The average Bonchev–Trinajstić information content (AvgIpc) is 2.64. The minimum absolute atomic E-state index is 0.000879. The van der Waals surface area contributed by atoms with Gasteiger partial charge in [-0.3, -0.25) is 0 Å². The molecule has 0 radical (unpaired) electrons. The van der Waals surface area contributed by atoms with Gasteiger partial charge < -0.3 is 34.8 Å². The maximum absolute atomic E-state index is 11.8. The zero-order valence-corrected chi connectivity index (χ0v) is 15.4. The highest BCUT2D eigenvalue weighted by Crippen LogP contribution is 2.35. The summed E-state index contributed by atoms with van der Waals surface area (Å²) in [6.45, 7) is 5.16. The van der Waals surface area contributed by atoms with Crippen LogP contribution in [0.15, 0.2) is 24.3 Å². The molecule has 0 aliphatic heterocycles. The summed E-state index contributed by atoms with van der Waals surface area (Å²) in [5, 5.41) is 30.3. The summed E-state index contributed by atoms with van der Waals surface area (Å²) >= 11 is 0. The van der Waals surface area contributed by atoms with Crippen molar-refractivity contribution in [1.29, 1.82) is 0 Å². The number of hydrogen-bond acceptors (Lipinski definition) is 9. The molecule has 0 spiro atoms. The first-order valence-corrected chi connectivity index (χ1v) is 8.37. The summed E-state index contributed by atoms with van der Waals surface area (Å²) in [5.74, 6) is -3.32. The third-order valence-corrected chi connectivity index (χ3v) is 3.26. The van der Waals surface area contributed by atoms with E-state index in [1.54, 1.807) is 0 Å². The summed E-state index contributed by atoms with van der Waals surface area (Å²) in [7, 11) is 0. The summed E-state index contributed by atoms with van der Waals surface area (Å²) in [6.07, 6.45) is 0.168. The molecule has 0 aliphatic carbocycles. The molecule has 1 aromatic rings. The first-order valence-electron chi connectivity index (χ1n) is 8.37. The van der Waals surface area contributed by atoms with Crippen molar-refractivity contribution in [1.82, 2.24) is 5.32 Å². The molecule has 0 bridgehead atoms. The van der Waals surface area contributed by atoms with Crippen LogP contribution in [0.1, 0.15) is 30.1 Å². The number of amides is 1. The highest BCUT2D eigenvalue weighted by molar-refractivity contribution is 5.91. The van der Waals surface area contributed by atoms with Gasteiger partial charge in [0.2, 0.25) is 0 Å². The van der Waals surface area contributed by atoms with E-state index in [4.69, 9.17) is 14.2 Å². The number of rotatable bonds is 10. The molecule has 10 nitrogen and oxygen atoms in total. The minimum atomic E-state index is -0.784. The minimum Gasteiger partial charge on any atom is -0.504 e. The second-order valence-electron chi connectivity index (χ2n) is 5.69. The van der Waals surface area contributed by atoms with Gasteiger partial charge in [-0.2, -0.15) is 0 Å². The van der Waals surface area contributed by atoms with Gasteiger partial charge in [0.25, 0.3) is 0 Å². The van der Waals surface area contributed by atoms with Crippen molar-refractivity contribution in [2.24, 2.45) is 0 Å². The monoisotopic (exact) mass is 397 g/mol. The number of phenolic OH excluding ortho intramolecular Hbond substituents is 3. The van der Waals surface area contributed by atoms with E-state index in [9.17, 15) is 29.7 Å². The molecule has 0 heterocycles. The van der Waals surface area contributed by atoms with Crippen LogP contribution in [-0.2, 0) is 19.0 Å². The number of carbonyl (C=O) groups is 3. The number of benzene rings is 1. The molecule has 0 aromatic heterocycles. The first kappa shape index (κ1) is 22.6. The maximum atomic E-state index is 11.8. The third kappa shape index (κ3) is 7.85. The Hall–Kier alpha value is -3.43. The van der Waals surface area contributed by atoms with Crippen molar-refractivity contribution in [3.63, 3.8) is 0 Å². The van der Waals surface area contributed by atoms with Crippen LogP contribution in [0.2, 0.25) is 0 Å². The maximum Gasteiger partial charge on any atom is 0.407 e. The van der Waals surface area contributed by atoms with Crippen molar-refractivity contribution in [2.75, 3.05) is 26.4 Å². The Morgan fingerprint density at radius 2 is 1.54 bits per heavy atom. The van der Waals surface area contributed by atoms with E-state index in [1.807, 2.05) is 0 Å². The molecule has 4 N–H and O–H groups in total. The number of esters is 2. The summed E-state index contributed by atoms with van der Waals surface area (Å²) < 4.78 is 14.6. The molecule has 0 unspecified atom stereocenters. The molecule has 1 aromatic carbocycles. The zero-order chi connectivity index (χ0) is 21.1. The summed E-state index contributed by atoms with van der Waals surface area (Å²) in [5.41, 5.74) is 0.151. The predicted molar refractivity (Wildman–Crippen MR) is 96.1 cm³/mol. The SMILES string of the molecule is C=C(C)C(=O)OCCNC(=O)OCCCCOC(=O)c1cc(O)c(O)c(O)c1. The molecule has 154 valence electrons. The van der Waals surface area contributed by atoms with Crippen molar-refractivity contribution in [3.05, 3.63) is 29.8 Å². The van der Waals surface area contributed by atoms with Gasteiger partial charge in [-0.15, -0.1) is 0 Å². The quantitative estimate of drug-likeness (QED) is 0.152. The lowest BCUT2D eigenvalue weighted by molar-refractivity contribution is -0.138. The first-order chi connectivity index (χ1) is 13.2. The van der Waals surface area contributed by atoms with Gasteiger partial charge in [0.15, 0.2) is 17.2 Å². The Morgan fingerprint density at radius 3 is 2.11 bits per heavy atom. The van der Waals surface area contributed by atoms with Gasteiger partial charge in [-0.05, 0) is 31.9 Å². The smallest absolute Gasteiger partial charge is 0.407 e. The van der Waals surface area contributed by atoms with Crippen LogP contribution in [0.4, 0.5) is 4.79 Å². The molecule has 10 heteroatoms. The second kappa shape index (κ2) is 11.3. The lowest BCUT2D eigenvalue weighted by atomic mass is 10.2. The lowest BCUT2D eigenvalue weighted by Crippen LogP contribution is -2.29. The number of carbonyl (C=O) groups excluding carboxylic acids is 3. The summed E-state index contributed by atoms with van der Waals surface area (Å²) in [6, 6.07) is 1.94. The molecular formula is C18H23NO9. The Balaban J connectivity index is 2.12. The normalized spacial score (nSPS) is 10.0. The number of unbranched alkanes of at least 4 members (excludes halogenated alkanes) is 1. The van der Waals surface area contributed by atoms with Crippen molar-refractivity contribution >= 4 is 18.0 Å². The van der Waals surface area contributed by atoms with Gasteiger partial charge in [-0.25, -0.2) is 14.4 Å². The fourth-order valence-electron chi connectivity index (χ4n) is 1.81. The fraction of sp³-hybridized carbons (Fsp3) is 0.389. The molecule has 0 saturated heterocycles. The van der Waals surface area contributed by atoms with E-state index in [1.165, 1.54) is 6.92 Å². The van der Waals surface area contributed by atoms with E-state index in [-0.39, 0.29) is 37.5 Å². The van der Waals surface area contributed by atoms with Crippen LogP contribution in [0.5, 0.6) is 17.2 Å². The number of phenols is 3. The molecule has 28 heavy (non-hydrogen) atoms. The number of alkyl carbamates (subject to hydrolysis) is 1. The Labute approximate surface area is 161 Å². The van der Waals surface area contributed by atoms with E-state index in [2.05, 4.69) is 11.9 Å². The van der Waals surface area contributed by atoms with Gasteiger partial charge in [0, 0.05) is 5.57 Å². The van der Waals surface area contributed by atoms with E-state index in [0.29, 0.717) is 12.8 Å². The van der Waals surface area contributed by atoms with Crippen LogP contribution >= 0.6 is 0 Å². The van der Waals surface area contributed by atoms with Crippen LogP contribution in [0, 0.1) is 0 Å². The molecule has 0 atom stereocenters. The second-order valence-corrected chi connectivity index (χ2v) is 5.69. The van der Waals surface area contributed by atoms with E-state index < -0.39 is 35.3 Å². The molecule has 0 fully saturated rings. The number of hydrogen-bond donors (Lipinski definition) is 4. The highest BCUT2D eigenvalue weighted by atomic mass is 16.6. The highest BCUT2D eigenvalue weighted by Gasteiger charge is 2.14. The zero-order valence-electron chi connectivity index (χ0n) is 15.4. The Kier molecular flexibility index (Phi) is 9.14. The molecule has 0 aliphatic rings. The topological polar surface area (TPSA) is 152 Å². The number of aromatic hydroxyl groups is 3. The predicted octanol–water partition coefficient (Wildman–Crippen LogP) is 1.59. The van der Waals surface area contributed by atoms with Crippen LogP contribution < -0.4 is 5.32 Å². The van der Waals surface area contributed by atoms with Crippen molar-refractivity contribution < 1.29 is 43.9 Å². The van der Waals surface area contributed by atoms with Crippen LogP contribution in [0.3, 0.4) is 0 Å². The Bertz CT molecular complexity index is 707. The standard InChI is InChI=1S/C18H23NO9/c1-11(2)16(23)27-8-5-19-18(25)28-7-4-3-6-26-17(24)12-9-13(20)15(22)14(21)10-12/h9-10,20-22H,1,3-8H2,2H3,(H,19,25). The van der Waals surface area contributed by atoms with Gasteiger partial charge in [-0.1, -0.05) is 6.58 Å². The summed E-state index contributed by atoms with van der Waals surface area (Å²) in [4.78, 5) is 34.3. The largest absolute Gasteiger partial charge is 0.504 e. The third-order valence-electron chi connectivity index (χ3n) is 3.26. The molecule has 0 saturated carbocycles. The fourth-order valence-corrected chi connectivity index (χ4v) is 1.81. The molecule has 1 rings (SSSR count). The van der Waals surface area contributed by atoms with Crippen LogP contribution in [-0.4, -0.2) is 59.7 Å². The molecule has 1 amide bonds. The number of ether oxygens (including phenoxy) is 3. The van der Waals surface area contributed by atoms with Gasteiger partial charge in [0.05, 0.1) is 25.3 Å². The Morgan fingerprint density at radius 1 is 0.964 bits per heavy atom. The van der Waals surface area contributed by atoms with Crippen LogP contribution in [0.25, 0.3) is 0 Å². The lowest BCUT2D eigenvalue weighted by Gasteiger charge is -2.08. The van der Waals surface area contributed by atoms with Gasteiger partial charge >= 0.3 is 18.0 Å². The average molecular weight is 397 g/mol.